The van der Waals surface area contributed by atoms with Gasteiger partial charge in [-0.2, -0.15) is 5.26 Å². The van der Waals surface area contributed by atoms with Crippen LogP contribution in [0.2, 0.25) is 0 Å². The fourth-order valence-corrected chi connectivity index (χ4v) is 3.73. The third-order valence-electron chi connectivity index (χ3n) is 5.31. The number of aromatic nitrogens is 4. The molecule has 130 valence electrons. The van der Waals surface area contributed by atoms with Gasteiger partial charge in [-0.1, -0.05) is 6.92 Å². The number of pyridine rings is 1. The molecule has 1 fully saturated rings. The van der Waals surface area contributed by atoms with Gasteiger partial charge in [0.25, 0.3) is 0 Å². The Morgan fingerprint density at radius 3 is 2.88 bits per heavy atom. The first kappa shape index (κ1) is 15.9. The SMILES string of the molecule is CC(O)c1nc2cnc3[nH]ccc3c2n1N1CCC(C)(CC#N)CC1. The van der Waals surface area contributed by atoms with Crippen molar-refractivity contribution in [3.63, 3.8) is 0 Å². The number of piperidine rings is 1. The third kappa shape index (κ3) is 2.53. The molecule has 0 saturated carbocycles. The highest BCUT2D eigenvalue weighted by molar-refractivity contribution is 6.01. The molecule has 3 aromatic rings. The van der Waals surface area contributed by atoms with Gasteiger partial charge >= 0.3 is 0 Å². The molecule has 1 aliphatic heterocycles. The summed E-state index contributed by atoms with van der Waals surface area (Å²) < 4.78 is 2.06. The van der Waals surface area contributed by atoms with E-state index in [1.165, 1.54) is 0 Å². The lowest BCUT2D eigenvalue weighted by molar-refractivity contribution is 0.178. The van der Waals surface area contributed by atoms with Gasteiger partial charge in [-0.25, -0.2) is 14.6 Å². The molecule has 1 atom stereocenters. The van der Waals surface area contributed by atoms with Crippen molar-refractivity contribution in [1.29, 1.82) is 5.26 Å². The number of rotatable bonds is 3. The highest BCUT2D eigenvalue weighted by atomic mass is 16.3. The predicted octanol–water partition coefficient (Wildman–Crippen LogP) is 2.62. The fraction of sp³-hybridized carbons (Fsp3) is 0.500. The molecule has 0 spiro atoms. The summed E-state index contributed by atoms with van der Waals surface area (Å²) in [7, 11) is 0. The Balaban J connectivity index is 1.82. The van der Waals surface area contributed by atoms with Crippen LogP contribution in [0.3, 0.4) is 0 Å². The van der Waals surface area contributed by atoms with Crippen molar-refractivity contribution in [1.82, 2.24) is 19.6 Å². The number of H-pyrrole nitrogens is 1. The highest BCUT2D eigenvalue weighted by Gasteiger charge is 2.32. The van der Waals surface area contributed by atoms with Crippen LogP contribution in [0, 0.1) is 16.7 Å². The molecule has 1 aliphatic rings. The van der Waals surface area contributed by atoms with Gasteiger partial charge in [0, 0.05) is 31.1 Å². The predicted molar refractivity (Wildman–Crippen MR) is 95.5 cm³/mol. The zero-order valence-electron chi connectivity index (χ0n) is 14.5. The van der Waals surface area contributed by atoms with E-state index < -0.39 is 6.10 Å². The molecule has 1 saturated heterocycles. The van der Waals surface area contributed by atoms with E-state index in [0.29, 0.717) is 12.2 Å². The van der Waals surface area contributed by atoms with Gasteiger partial charge < -0.3 is 15.1 Å². The van der Waals surface area contributed by atoms with E-state index in [0.717, 1.165) is 48.0 Å². The van der Waals surface area contributed by atoms with E-state index in [9.17, 15) is 5.11 Å². The number of nitriles is 1. The minimum absolute atomic E-state index is 0.0671. The third-order valence-corrected chi connectivity index (χ3v) is 5.31. The van der Waals surface area contributed by atoms with E-state index in [-0.39, 0.29) is 5.41 Å². The number of hydrogen-bond acceptors (Lipinski definition) is 5. The first-order valence-corrected chi connectivity index (χ1v) is 8.67. The molecule has 1 unspecified atom stereocenters. The van der Waals surface area contributed by atoms with Crippen molar-refractivity contribution >= 4 is 22.1 Å². The molecule has 0 radical (unpaired) electrons. The van der Waals surface area contributed by atoms with Gasteiger partial charge in [0.1, 0.15) is 22.8 Å². The standard InChI is InChI=1S/C18H22N6O/c1-12(25)17-22-14-11-21-16-13(3-8-20-16)15(14)24(17)23-9-5-18(2,4-7-19)6-10-23/h3,8,11-12,25H,4-6,9-10H2,1-2H3,(H,20,21). The van der Waals surface area contributed by atoms with Crippen LogP contribution in [-0.4, -0.2) is 37.8 Å². The largest absolute Gasteiger partial charge is 0.385 e. The summed E-state index contributed by atoms with van der Waals surface area (Å²) in [5.41, 5.74) is 2.65. The molecule has 25 heavy (non-hydrogen) atoms. The maximum absolute atomic E-state index is 10.3. The molecular formula is C18H22N6O. The summed E-state index contributed by atoms with van der Waals surface area (Å²) in [6, 6.07) is 4.32. The second-order valence-electron chi connectivity index (χ2n) is 7.29. The van der Waals surface area contributed by atoms with Crippen LogP contribution in [0.1, 0.15) is 45.0 Å². The van der Waals surface area contributed by atoms with Crippen LogP contribution in [0.25, 0.3) is 22.1 Å². The minimum atomic E-state index is -0.672. The Labute approximate surface area is 145 Å². The maximum Gasteiger partial charge on any atom is 0.157 e. The van der Waals surface area contributed by atoms with Gasteiger partial charge in [0.15, 0.2) is 5.82 Å². The average molecular weight is 338 g/mol. The zero-order valence-corrected chi connectivity index (χ0v) is 14.5. The Morgan fingerprint density at radius 2 is 2.20 bits per heavy atom. The maximum atomic E-state index is 10.3. The van der Waals surface area contributed by atoms with Crippen molar-refractivity contribution in [3.05, 3.63) is 24.3 Å². The first-order valence-electron chi connectivity index (χ1n) is 8.67. The summed E-state index contributed by atoms with van der Waals surface area (Å²) in [6.07, 6.45) is 5.42. The van der Waals surface area contributed by atoms with Crippen molar-refractivity contribution in [2.45, 2.75) is 39.2 Å². The van der Waals surface area contributed by atoms with Crippen LogP contribution in [0.4, 0.5) is 0 Å². The van der Waals surface area contributed by atoms with Crippen LogP contribution in [0.5, 0.6) is 0 Å². The van der Waals surface area contributed by atoms with Crippen LogP contribution in [-0.2, 0) is 0 Å². The van der Waals surface area contributed by atoms with Gasteiger partial charge in [-0.15, -0.1) is 0 Å². The van der Waals surface area contributed by atoms with Crippen LogP contribution in [0.15, 0.2) is 18.5 Å². The Morgan fingerprint density at radius 1 is 1.44 bits per heavy atom. The molecular weight excluding hydrogens is 316 g/mol. The normalized spacial score (nSPS) is 18.6. The van der Waals surface area contributed by atoms with Gasteiger partial charge in [0.05, 0.1) is 12.3 Å². The fourth-order valence-electron chi connectivity index (χ4n) is 3.73. The summed E-state index contributed by atoms with van der Waals surface area (Å²) in [5, 5.41) is 22.6. The molecule has 4 rings (SSSR count). The van der Waals surface area contributed by atoms with Crippen molar-refractivity contribution in [2.24, 2.45) is 5.41 Å². The average Bonchev–Trinajstić information content (AvgIpc) is 3.19. The minimum Gasteiger partial charge on any atom is -0.385 e. The van der Waals surface area contributed by atoms with Crippen LogP contribution < -0.4 is 5.01 Å². The number of imidazole rings is 1. The lowest BCUT2D eigenvalue weighted by Gasteiger charge is -2.40. The number of fused-ring (bicyclic) bond motifs is 3. The monoisotopic (exact) mass is 338 g/mol. The molecule has 7 nitrogen and oxygen atoms in total. The van der Waals surface area contributed by atoms with Gasteiger partial charge in [-0.05, 0) is 31.2 Å². The Hall–Kier alpha value is -2.59. The summed E-state index contributed by atoms with van der Waals surface area (Å²) in [4.78, 5) is 12.2. The van der Waals surface area contributed by atoms with E-state index >= 15 is 0 Å². The Bertz CT molecular complexity index is 955. The smallest absolute Gasteiger partial charge is 0.157 e. The second kappa shape index (κ2) is 5.74. The number of aliphatic hydroxyl groups is 1. The van der Waals surface area contributed by atoms with E-state index in [2.05, 4.69) is 37.6 Å². The number of aliphatic hydroxyl groups excluding tert-OH is 1. The molecule has 3 aromatic heterocycles. The molecule has 0 aromatic carbocycles. The first-order chi connectivity index (χ1) is 12.0. The number of nitrogens with one attached hydrogen (secondary N) is 1. The highest BCUT2D eigenvalue weighted by Crippen LogP contribution is 2.35. The molecule has 7 heteroatoms. The topological polar surface area (TPSA) is 93.8 Å². The van der Waals surface area contributed by atoms with E-state index in [1.807, 2.05) is 12.3 Å². The van der Waals surface area contributed by atoms with Crippen molar-refractivity contribution < 1.29 is 5.11 Å². The van der Waals surface area contributed by atoms with E-state index in [1.54, 1.807) is 13.1 Å². The molecule has 4 heterocycles. The lowest BCUT2D eigenvalue weighted by Crippen LogP contribution is -2.45. The molecule has 0 aliphatic carbocycles. The quantitative estimate of drug-likeness (QED) is 0.765. The second-order valence-corrected chi connectivity index (χ2v) is 7.29. The molecule has 0 amide bonds. The van der Waals surface area contributed by atoms with Gasteiger partial charge in [-0.3, -0.25) is 0 Å². The van der Waals surface area contributed by atoms with Crippen molar-refractivity contribution in [3.8, 4) is 6.07 Å². The zero-order chi connectivity index (χ0) is 17.6. The molecule has 2 N–H and O–H groups in total. The van der Waals surface area contributed by atoms with Crippen LogP contribution >= 0.6 is 0 Å². The summed E-state index contributed by atoms with van der Waals surface area (Å²) >= 11 is 0. The lowest BCUT2D eigenvalue weighted by atomic mass is 9.78. The van der Waals surface area contributed by atoms with Crippen molar-refractivity contribution in [2.75, 3.05) is 18.1 Å². The molecule has 0 bridgehead atoms. The number of nitrogens with zero attached hydrogens (tertiary/aromatic N) is 5. The van der Waals surface area contributed by atoms with Gasteiger partial charge in [0.2, 0.25) is 0 Å². The number of aromatic amines is 1. The summed E-state index contributed by atoms with van der Waals surface area (Å²) in [6.45, 7) is 5.59. The van der Waals surface area contributed by atoms with E-state index in [4.69, 9.17) is 5.26 Å². The summed E-state index contributed by atoms with van der Waals surface area (Å²) in [5.74, 6) is 0.634. The Kier molecular flexibility index (Phi) is 3.65. The number of hydrogen-bond donors (Lipinski definition) is 2.